The second-order valence-electron chi connectivity index (χ2n) is 10.5. The molecule has 1 fully saturated rings. The van der Waals surface area contributed by atoms with Crippen molar-refractivity contribution >= 4 is 34.4 Å². The van der Waals surface area contributed by atoms with Gasteiger partial charge in [-0.3, -0.25) is 9.69 Å². The lowest BCUT2D eigenvalue weighted by Crippen LogP contribution is -2.62. The average Bonchev–Trinajstić information content (AvgIpc) is 2.90. The zero-order valence-corrected chi connectivity index (χ0v) is 22.3. The Morgan fingerprint density at radius 2 is 1.63 bits per heavy atom. The molecule has 2 atom stereocenters. The molecule has 3 aromatic rings. The van der Waals surface area contributed by atoms with E-state index in [1.54, 1.807) is 27.7 Å². The van der Waals surface area contributed by atoms with Crippen LogP contribution in [0, 0.1) is 0 Å². The summed E-state index contributed by atoms with van der Waals surface area (Å²) in [4.78, 5) is 42.8. The number of hydrogen-bond donors (Lipinski definition) is 1. The fourth-order valence-electron chi connectivity index (χ4n) is 4.47. The SMILES string of the molecule is C[C@H](NC(=O)[C@H]1CN(c2cccc3ccccc23)CCN1C(=O)OC(C)(C)C)C(=O)OCc1ccccc1. The molecule has 38 heavy (non-hydrogen) atoms. The van der Waals surface area contributed by atoms with E-state index in [4.69, 9.17) is 9.47 Å². The highest BCUT2D eigenvalue weighted by molar-refractivity contribution is 5.95. The third-order valence-electron chi connectivity index (χ3n) is 6.35. The Hall–Kier alpha value is -4.07. The first-order valence-electron chi connectivity index (χ1n) is 12.9. The van der Waals surface area contributed by atoms with E-state index in [2.05, 4.69) is 10.2 Å². The minimum Gasteiger partial charge on any atom is -0.459 e. The zero-order valence-electron chi connectivity index (χ0n) is 22.3. The van der Waals surface area contributed by atoms with Gasteiger partial charge in [0.2, 0.25) is 5.91 Å². The molecule has 4 rings (SSSR count). The zero-order chi connectivity index (χ0) is 27.3. The maximum atomic E-state index is 13.5. The maximum Gasteiger partial charge on any atom is 0.411 e. The molecule has 1 heterocycles. The van der Waals surface area contributed by atoms with E-state index in [9.17, 15) is 14.4 Å². The highest BCUT2D eigenvalue weighted by Gasteiger charge is 2.39. The summed E-state index contributed by atoms with van der Waals surface area (Å²) >= 11 is 0. The standard InChI is InChI=1S/C30H35N3O5/c1-21(28(35)37-20-22-11-6-5-7-12-22)31-27(34)26-19-32(17-18-33(26)29(36)38-30(2,3)4)25-16-10-14-23-13-8-9-15-24(23)25/h5-16,21,26H,17-20H2,1-4H3,(H,31,34)/t21-,26+/m0/s1. The van der Waals surface area contributed by atoms with E-state index in [-0.39, 0.29) is 13.2 Å². The summed E-state index contributed by atoms with van der Waals surface area (Å²) in [6.07, 6.45) is -0.561. The number of rotatable bonds is 6. The molecule has 1 saturated heterocycles. The third-order valence-corrected chi connectivity index (χ3v) is 6.35. The molecule has 0 bridgehead atoms. The number of anilines is 1. The van der Waals surface area contributed by atoms with Gasteiger partial charge < -0.3 is 19.7 Å². The molecule has 0 unspecified atom stereocenters. The summed E-state index contributed by atoms with van der Waals surface area (Å²) in [5.41, 5.74) is 1.13. The molecule has 1 aliphatic heterocycles. The van der Waals surface area contributed by atoms with Gasteiger partial charge in [-0.1, -0.05) is 66.7 Å². The first-order chi connectivity index (χ1) is 18.1. The second kappa shape index (κ2) is 11.5. The van der Waals surface area contributed by atoms with E-state index >= 15 is 0 Å². The van der Waals surface area contributed by atoms with Crippen molar-refractivity contribution < 1.29 is 23.9 Å². The maximum absolute atomic E-state index is 13.5. The number of esters is 1. The lowest BCUT2D eigenvalue weighted by atomic mass is 10.1. The molecular weight excluding hydrogens is 482 g/mol. The van der Waals surface area contributed by atoms with Gasteiger partial charge in [-0.05, 0) is 44.7 Å². The van der Waals surface area contributed by atoms with Crippen molar-refractivity contribution in [1.82, 2.24) is 10.2 Å². The van der Waals surface area contributed by atoms with Crippen LogP contribution in [0.5, 0.6) is 0 Å². The average molecular weight is 518 g/mol. The highest BCUT2D eigenvalue weighted by Crippen LogP contribution is 2.29. The van der Waals surface area contributed by atoms with E-state index in [0.717, 1.165) is 22.0 Å². The van der Waals surface area contributed by atoms with Gasteiger partial charge in [0.1, 0.15) is 24.3 Å². The first-order valence-corrected chi connectivity index (χ1v) is 12.9. The summed E-state index contributed by atoms with van der Waals surface area (Å²) in [5, 5.41) is 4.91. The Labute approximate surface area is 223 Å². The fourth-order valence-corrected chi connectivity index (χ4v) is 4.47. The van der Waals surface area contributed by atoms with E-state index in [1.165, 1.54) is 4.90 Å². The van der Waals surface area contributed by atoms with Crippen molar-refractivity contribution in [2.75, 3.05) is 24.5 Å². The normalized spacial score (nSPS) is 16.6. The summed E-state index contributed by atoms with van der Waals surface area (Å²) in [6, 6.07) is 21.7. The predicted octanol–water partition coefficient (Wildman–Crippen LogP) is 4.51. The van der Waals surface area contributed by atoms with Gasteiger partial charge in [-0.15, -0.1) is 0 Å². The van der Waals surface area contributed by atoms with Crippen molar-refractivity contribution in [1.29, 1.82) is 0 Å². The van der Waals surface area contributed by atoms with Gasteiger partial charge in [0.15, 0.2) is 0 Å². The molecule has 0 aromatic heterocycles. The van der Waals surface area contributed by atoms with Crippen LogP contribution >= 0.6 is 0 Å². The van der Waals surface area contributed by atoms with Crippen LogP contribution < -0.4 is 10.2 Å². The van der Waals surface area contributed by atoms with Gasteiger partial charge in [-0.25, -0.2) is 9.59 Å². The Morgan fingerprint density at radius 1 is 0.947 bits per heavy atom. The van der Waals surface area contributed by atoms with Crippen molar-refractivity contribution in [3.05, 3.63) is 78.4 Å². The molecule has 200 valence electrons. The van der Waals surface area contributed by atoms with E-state index < -0.39 is 35.7 Å². The number of carbonyl (C=O) groups excluding carboxylic acids is 3. The first kappa shape index (κ1) is 27.0. The number of fused-ring (bicyclic) bond motifs is 1. The van der Waals surface area contributed by atoms with Crippen LogP contribution in [0.25, 0.3) is 10.8 Å². The summed E-state index contributed by atoms with van der Waals surface area (Å²) in [6.45, 7) is 8.14. The number of ether oxygens (including phenoxy) is 2. The Morgan fingerprint density at radius 3 is 2.37 bits per heavy atom. The van der Waals surface area contributed by atoms with Crippen molar-refractivity contribution in [3.8, 4) is 0 Å². The summed E-state index contributed by atoms with van der Waals surface area (Å²) < 4.78 is 11.0. The molecular formula is C30H35N3O5. The number of nitrogens with zero attached hydrogens (tertiary/aromatic N) is 2. The van der Waals surface area contributed by atoms with Gasteiger partial charge in [0.25, 0.3) is 0 Å². The number of amides is 2. The van der Waals surface area contributed by atoms with Crippen molar-refractivity contribution in [2.45, 2.75) is 52.0 Å². The number of carbonyl (C=O) groups is 3. The molecule has 1 N–H and O–H groups in total. The molecule has 0 saturated carbocycles. The minimum absolute atomic E-state index is 0.113. The number of piperazine rings is 1. The number of benzene rings is 3. The monoisotopic (exact) mass is 517 g/mol. The Balaban J connectivity index is 1.51. The lowest BCUT2D eigenvalue weighted by Gasteiger charge is -2.42. The number of hydrogen-bond acceptors (Lipinski definition) is 6. The largest absolute Gasteiger partial charge is 0.459 e. The lowest BCUT2D eigenvalue weighted by molar-refractivity contribution is -0.149. The second-order valence-corrected chi connectivity index (χ2v) is 10.5. The Bertz CT molecular complexity index is 1280. The highest BCUT2D eigenvalue weighted by atomic mass is 16.6. The topological polar surface area (TPSA) is 88.2 Å². The molecule has 3 aromatic carbocycles. The summed E-state index contributed by atoms with van der Waals surface area (Å²) in [5.74, 6) is -0.988. The summed E-state index contributed by atoms with van der Waals surface area (Å²) in [7, 11) is 0. The predicted molar refractivity (Wildman–Crippen MR) is 147 cm³/mol. The molecule has 0 spiro atoms. The van der Waals surface area contributed by atoms with Gasteiger partial charge >= 0.3 is 12.1 Å². The van der Waals surface area contributed by atoms with Crippen LogP contribution in [-0.2, 0) is 25.7 Å². The van der Waals surface area contributed by atoms with Crippen LogP contribution in [-0.4, -0.2) is 60.2 Å². The van der Waals surface area contributed by atoms with Crippen molar-refractivity contribution in [2.24, 2.45) is 0 Å². The fraction of sp³-hybridized carbons (Fsp3) is 0.367. The quantitative estimate of drug-likeness (QED) is 0.484. The molecule has 1 aliphatic rings. The van der Waals surface area contributed by atoms with Crippen LogP contribution in [0.1, 0.15) is 33.3 Å². The molecule has 2 amide bonds. The molecule has 8 nitrogen and oxygen atoms in total. The Kier molecular flexibility index (Phi) is 8.20. The van der Waals surface area contributed by atoms with Crippen LogP contribution in [0.15, 0.2) is 72.8 Å². The number of nitrogens with one attached hydrogen (secondary N) is 1. The molecule has 0 aliphatic carbocycles. The van der Waals surface area contributed by atoms with E-state index in [0.29, 0.717) is 13.1 Å². The van der Waals surface area contributed by atoms with Crippen LogP contribution in [0.2, 0.25) is 0 Å². The minimum atomic E-state index is -0.889. The van der Waals surface area contributed by atoms with Gasteiger partial charge in [0.05, 0.1) is 0 Å². The molecule has 8 heteroatoms. The third kappa shape index (κ3) is 6.62. The van der Waals surface area contributed by atoms with Crippen molar-refractivity contribution in [3.63, 3.8) is 0 Å². The van der Waals surface area contributed by atoms with Crippen LogP contribution in [0.4, 0.5) is 10.5 Å². The molecule has 0 radical (unpaired) electrons. The van der Waals surface area contributed by atoms with Gasteiger partial charge in [-0.2, -0.15) is 0 Å². The smallest absolute Gasteiger partial charge is 0.411 e. The van der Waals surface area contributed by atoms with E-state index in [1.807, 2.05) is 72.8 Å². The van der Waals surface area contributed by atoms with Gasteiger partial charge in [0, 0.05) is 30.7 Å². The van der Waals surface area contributed by atoms with Crippen LogP contribution in [0.3, 0.4) is 0 Å².